The molecule has 118 heavy (non-hydrogen) atoms. The summed E-state index contributed by atoms with van der Waals surface area (Å²) in [6.45, 7) is 14.3. The number of ketones is 3. The molecule has 2 amide bonds. The standard InChI is InChI=1S/C43H58N4O12.C23H27N3O7.C14H24N2O10/c1-21-12-11-13-22(2)42(55)45-33-28(20-44-47-17-15-46(9)16-18-47)37(52)30-31(38(33)53)36(51)26(6)40-32(30)41(54)43(8,59-40)57-19-14-29(56-10)23(3)39(58-27(7)48)25(5)35(50)24(4)34(21)49;1-25(2)12-5-6-13(27)15-10(12)7-9-8-11-17(26(3)4)19(29)16(22(24)32)21(31)23(11,33)20(30)14(9)18(15)28;17-11(18)7-15(8-12(19)20)1-3-25-5-6-26-4-2-16(9-13(21)22)10-14(23)24/h11-14,19-21,23-25,29,34-35,39,49-53H,15-18H2,1-10H3,(H,45,55);5-6,9,11,17,27-28,31,33H,7-8H2,1-4H3,(H2,24,32);1-10H2,(H,17,18)(H,19,20)(H,21,22)(H,23,24)/b12-11+,19-14+,22-13-,44-20+;;/t21-,23+,24+,25+,29-,34-,35+,39+,43-;9-,11-,17-,23-;/m00./s1. The second-order valence-corrected chi connectivity index (χ2v) is 30.7. The summed E-state index contributed by atoms with van der Waals surface area (Å²) in [6, 6.07) is 2.01. The van der Waals surface area contributed by atoms with Crippen LogP contribution in [0, 0.1) is 42.4 Å². The molecule has 0 radical (unpaired) electrons. The summed E-state index contributed by atoms with van der Waals surface area (Å²) in [5.74, 6) is -19.4. The van der Waals surface area contributed by atoms with E-state index >= 15 is 0 Å². The van der Waals surface area contributed by atoms with E-state index in [9.17, 15) is 93.9 Å². The summed E-state index contributed by atoms with van der Waals surface area (Å²) in [6.07, 6.45) is 5.18. The van der Waals surface area contributed by atoms with E-state index in [1.165, 1.54) is 80.2 Å². The molecule has 3 aliphatic carbocycles. The number of carboxylic acid groups (broad SMARTS) is 4. The molecular formula is C80H109N9O29. The van der Waals surface area contributed by atoms with E-state index in [0.717, 1.165) is 18.8 Å². The van der Waals surface area contributed by atoms with Gasteiger partial charge in [0, 0.05) is 132 Å². The first kappa shape index (κ1) is 94.3. The molecule has 4 aliphatic heterocycles. The van der Waals surface area contributed by atoms with E-state index in [4.69, 9.17) is 54.6 Å². The van der Waals surface area contributed by atoms with Gasteiger partial charge >= 0.3 is 35.6 Å². The molecule has 3 aromatic rings. The van der Waals surface area contributed by atoms with E-state index < -0.39 is 197 Å². The van der Waals surface area contributed by atoms with Crippen LogP contribution in [0.4, 0.5) is 11.4 Å². The molecule has 1 saturated carbocycles. The summed E-state index contributed by atoms with van der Waals surface area (Å²) >= 11 is 0. The molecule has 4 heterocycles. The second kappa shape index (κ2) is 40.1. The average Bonchev–Trinajstić information content (AvgIpc) is 0.938. The Labute approximate surface area is 680 Å². The van der Waals surface area contributed by atoms with Crippen LogP contribution in [0.15, 0.2) is 70.3 Å². The lowest BCUT2D eigenvalue weighted by Gasteiger charge is -2.50. The Morgan fingerprint density at radius 1 is 0.737 bits per heavy atom. The molecule has 0 unspecified atom stereocenters. The number of allylic oxidation sites excluding steroid dienone is 2. The van der Waals surface area contributed by atoms with E-state index in [2.05, 4.69) is 15.3 Å². The number of Topliss-reactive ketones (excluding diaryl/α,β-unsaturated/α-hetero) is 3. The molecule has 648 valence electrons. The smallest absolute Gasteiger partial charge is 0.317 e. The molecule has 2 fully saturated rings. The Morgan fingerprint density at radius 2 is 1.31 bits per heavy atom. The van der Waals surface area contributed by atoms with Crippen molar-refractivity contribution in [3.05, 3.63) is 93.0 Å². The fourth-order valence-corrected chi connectivity index (χ4v) is 15.5. The number of phenols is 4. The van der Waals surface area contributed by atoms with E-state index in [1.54, 1.807) is 65.0 Å². The first-order valence-electron chi connectivity index (χ1n) is 38.0. The number of methoxy groups -OCH3 is 1. The fraction of sp³-hybridized carbons (Fsp3) is 0.537. The van der Waals surface area contributed by atoms with Crippen LogP contribution in [-0.4, -0.2) is 332 Å². The third-order valence-electron chi connectivity index (χ3n) is 21.8. The van der Waals surface area contributed by atoms with Gasteiger partial charge in [-0.1, -0.05) is 45.9 Å². The predicted molar refractivity (Wildman–Crippen MR) is 424 cm³/mol. The summed E-state index contributed by atoms with van der Waals surface area (Å²) < 4.78 is 34.0. The van der Waals surface area contributed by atoms with Gasteiger partial charge in [0.05, 0.1) is 117 Å². The fourth-order valence-electron chi connectivity index (χ4n) is 15.5. The number of phenolic OH excluding ortho intramolecular Hbond substituents is 4. The van der Waals surface area contributed by atoms with Gasteiger partial charge in [0.25, 0.3) is 17.6 Å². The third-order valence-corrected chi connectivity index (χ3v) is 21.8. The predicted octanol–water partition coefficient (Wildman–Crippen LogP) is 2.33. The number of hydrazone groups is 1. The van der Waals surface area contributed by atoms with Gasteiger partial charge in [-0.15, -0.1) is 0 Å². The van der Waals surface area contributed by atoms with Crippen molar-refractivity contribution < 1.29 is 143 Å². The van der Waals surface area contributed by atoms with Crippen LogP contribution >= 0.6 is 0 Å². The number of aliphatic hydroxyl groups is 5. The Hall–Kier alpha value is -10.8. The number of nitrogens with zero attached hydrogens (tertiary/aromatic N) is 7. The Balaban J connectivity index is 0.000000273. The number of benzene rings is 3. The highest BCUT2D eigenvalue weighted by Gasteiger charge is 2.64. The number of esters is 1. The van der Waals surface area contributed by atoms with Gasteiger partial charge in [0.15, 0.2) is 17.1 Å². The van der Waals surface area contributed by atoms with Crippen LogP contribution in [-0.2, 0) is 73.3 Å². The van der Waals surface area contributed by atoms with Crippen LogP contribution in [0.2, 0.25) is 0 Å². The molecule has 0 spiro atoms. The number of amides is 2. The number of rotatable bonds is 24. The zero-order valence-corrected chi connectivity index (χ0v) is 68.3. The van der Waals surface area contributed by atoms with Crippen molar-refractivity contribution in [3.63, 3.8) is 0 Å². The Morgan fingerprint density at radius 3 is 1.82 bits per heavy atom. The molecule has 7 aliphatic rings. The first-order chi connectivity index (χ1) is 55.3. The highest BCUT2D eigenvalue weighted by atomic mass is 16.7. The molecule has 13 atom stereocenters. The van der Waals surface area contributed by atoms with E-state index in [0.29, 0.717) is 18.7 Å². The zero-order valence-electron chi connectivity index (χ0n) is 68.3. The van der Waals surface area contributed by atoms with Gasteiger partial charge in [-0.2, -0.15) is 5.10 Å². The number of carboxylic acids is 4. The molecule has 16 N–H and O–H groups in total. The maximum Gasteiger partial charge on any atom is 0.317 e. The normalized spacial score (nSPS) is 26.6. The lowest BCUT2D eigenvalue weighted by Crippen LogP contribution is -2.65. The van der Waals surface area contributed by atoms with Gasteiger partial charge in [-0.05, 0) is 77.5 Å². The van der Waals surface area contributed by atoms with Crippen molar-refractivity contribution in [2.24, 2.45) is 46.3 Å². The van der Waals surface area contributed by atoms with Crippen molar-refractivity contribution in [2.45, 2.75) is 110 Å². The van der Waals surface area contributed by atoms with Crippen molar-refractivity contribution in [1.29, 1.82) is 0 Å². The number of hydrogen-bond donors (Lipinski definition) is 15. The number of aliphatic hydroxyl groups excluding tert-OH is 4. The number of nitrogens with one attached hydrogen (secondary N) is 1. The van der Waals surface area contributed by atoms with Gasteiger partial charge in [-0.25, -0.2) is 0 Å². The number of carbonyl (C=O) groups is 10. The third kappa shape index (κ3) is 21.2. The second-order valence-electron chi connectivity index (χ2n) is 30.7. The molecule has 3 aromatic carbocycles. The molecule has 38 heteroatoms. The number of anilines is 2. The number of nitrogens with two attached hydrogens (primary N) is 1. The summed E-state index contributed by atoms with van der Waals surface area (Å²) in [5, 5.41) is 145. The van der Waals surface area contributed by atoms with E-state index in [-0.39, 0.29) is 114 Å². The van der Waals surface area contributed by atoms with Crippen LogP contribution in [0.5, 0.6) is 28.7 Å². The first-order valence-corrected chi connectivity index (χ1v) is 38.0. The van der Waals surface area contributed by atoms with E-state index in [1.807, 2.05) is 26.0 Å². The molecule has 1 saturated heterocycles. The maximum atomic E-state index is 14.4. The molecule has 38 nitrogen and oxygen atoms in total. The average molecular weight is 1660 g/mol. The minimum atomic E-state index is -2.63. The highest BCUT2D eigenvalue weighted by molar-refractivity contribution is 6.25. The number of piperazine rings is 1. The number of fused-ring (bicyclic) bond motifs is 17. The highest BCUT2D eigenvalue weighted by Crippen LogP contribution is 2.57. The largest absolute Gasteiger partial charge is 0.508 e. The van der Waals surface area contributed by atoms with Crippen LogP contribution in [0.3, 0.4) is 0 Å². The van der Waals surface area contributed by atoms with Crippen molar-refractivity contribution in [2.75, 3.05) is 144 Å². The van der Waals surface area contributed by atoms with Gasteiger partial charge < -0.3 is 116 Å². The Bertz CT molecular complexity index is 4430. The number of ether oxygens (including phenoxy) is 6. The van der Waals surface area contributed by atoms with Crippen molar-refractivity contribution in [3.8, 4) is 28.7 Å². The number of carbonyl (C=O) groups excluding carboxylic acids is 6. The Kier molecular flexibility index (Phi) is 32.1. The zero-order chi connectivity index (χ0) is 88.2. The minimum Gasteiger partial charge on any atom is -0.508 e. The molecule has 10 rings (SSSR count). The summed E-state index contributed by atoms with van der Waals surface area (Å²) in [4.78, 5) is 129. The lowest BCUT2D eigenvalue weighted by atomic mass is 9.57. The van der Waals surface area contributed by atoms with Crippen molar-refractivity contribution >= 4 is 93.1 Å². The summed E-state index contributed by atoms with van der Waals surface area (Å²) in [7, 11) is 10.2. The van der Waals surface area contributed by atoms with Crippen LogP contribution in [0.25, 0.3) is 16.5 Å². The number of likely N-dealkylation sites (N-methyl/N-ethyl adjacent to an activating group) is 2. The molecular weight excluding hydrogens is 1550 g/mol. The number of hydrogen-bond acceptors (Lipinski definition) is 32. The molecule has 0 aromatic heterocycles. The SMILES string of the molecule is CN(C)c1ccc(O)c2c1C[C@H]1C[C@H]3[C@H](N(C)C)C(=O)C(C(N)=O)=C(O)[C@@]3(O)C(=O)C1=C2O.CO[C@H]1/C=C/O[C@@]2(C)Oc3c(C)c(O)c4c(O)c(c(/C=N/N5CCN(C)CC5)c(O)c4c3C2=O)NC(=O)/C(C)=C\C=C\[C@H](C)[C@H](O)[C@@H](C)[C@@H](O)[C@@H](C)[C@H](OC(C)=O)[C@@H]1C.O=C(O)CN(CCOCCOCCN(CC(=O)O)CC(=O)O)CC(=O)O. The quantitative estimate of drug-likeness (QED) is 0.0153. The minimum absolute atomic E-state index is 0.0559. The van der Waals surface area contributed by atoms with Gasteiger partial charge in [0.2, 0.25) is 5.78 Å². The number of primary amides is 1. The number of aliphatic carboxylic acids is 4. The van der Waals surface area contributed by atoms with Crippen molar-refractivity contribution in [1.82, 2.24) is 24.6 Å². The molecule has 5 bridgehead atoms. The lowest BCUT2D eigenvalue weighted by molar-refractivity contribution is -0.161. The van der Waals surface area contributed by atoms with Gasteiger partial charge in [-0.3, -0.25) is 67.7 Å². The monoisotopic (exact) mass is 1660 g/mol. The van der Waals surface area contributed by atoms with Gasteiger partial charge in [0.1, 0.15) is 46.2 Å². The van der Waals surface area contributed by atoms with Crippen LogP contribution in [0.1, 0.15) is 87.5 Å². The topological polar surface area (TPSA) is 559 Å². The maximum absolute atomic E-state index is 14.4. The number of aromatic hydroxyl groups is 4. The summed E-state index contributed by atoms with van der Waals surface area (Å²) in [5.41, 5.74) is 2.80. The van der Waals surface area contributed by atoms with Crippen LogP contribution < -0.4 is 20.7 Å².